The van der Waals surface area contributed by atoms with Gasteiger partial charge in [0.05, 0.1) is 31.1 Å². The molecule has 1 fully saturated rings. The van der Waals surface area contributed by atoms with E-state index >= 15 is 0 Å². The van der Waals surface area contributed by atoms with Gasteiger partial charge in [0.25, 0.3) is 5.91 Å². The lowest BCUT2D eigenvalue weighted by Gasteiger charge is -2.40. The van der Waals surface area contributed by atoms with Crippen LogP contribution in [0.2, 0.25) is 0 Å². The molecule has 4 heterocycles. The maximum Gasteiger partial charge on any atom is 0.387 e. The molecule has 1 aliphatic rings. The Balaban J connectivity index is 1.40. The van der Waals surface area contributed by atoms with Crippen molar-refractivity contribution in [1.82, 2.24) is 34.2 Å². The Kier molecular flexibility index (Phi) is 10.3. The second-order valence-electron chi connectivity index (χ2n) is 10.8. The minimum atomic E-state index is -3.08. The molecule has 1 N–H and O–H groups in total. The van der Waals surface area contributed by atoms with Crippen LogP contribution in [0.15, 0.2) is 53.9 Å². The molecule has 1 saturated heterocycles. The number of fused-ring (bicyclic) bond motifs is 1. The van der Waals surface area contributed by atoms with Crippen LogP contribution in [0.5, 0.6) is 5.75 Å². The van der Waals surface area contributed by atoms with E-state index in [9.17, 15) is 18.4 Å². The van der Waals surface area contributed by atoms with Crippen LogP contribution in [0.3, 0.4) is 0 Å². The summed E-state index contributed by atoms with van der Waals surface area (Å²) in [5.41, 5.74) is 1.16. The van der Waals surface area contributed by atoms with Crippen molar-refractivity contribution in [2.75, 3.05) is 45.4 Å². The number of hydrogen-bond acceptors (Lipinski definition) is 9. The number of benzene rings is 1. The molecule has 3 aromatic heterocycles. The number of alkyl halides is 2. The highest BCUT2D eigenvalue weighted by Gasteiger charge is 2.28. The summed E-state index contributed by atoms with van der Waals surface area (Å²) in [5.74, 6) is -0.840. The Bertz CT molecular complexity index is 1640. The van der Waals surface area contributed by atoms with Crippen molar-refractivity contribution in [3.05, 3.63) is 54.6 Å². The Labute approximate surface area is 263 Å². The predicted octanol–water partition coefficient (Wildman–Crippen LogP) is 4.13. The van der Waals surface area contributed by atoms with Gasteiger partial charge in [0, 0.05) is 48.7 Å². The number of aromatic nitrogens is 5. The van der Waals surface area contributed by atoms with E-state index in [-0.39, 0.29) is 40.7 Å². The van der Waals surface area contributed by atoms with Gasteiger partial charge < -0.3 is 19.7 Å². The predicted molar refractivity (Wildman–Crippen MR) is 166 cm³/mol. The van der Waals surface area contributed by atoms with Crippen LogP contribution in [0.1, 0.15) is 30.1 Å². The van der Waals surface area contributed by atoms with Crippen molar-refractivity contribution in [1.29, 1.82) is 0 Å². The minimum Gasteiger partial charge on any atom is -0.434 e. The molecule has 0 bridgehead atoms. The Morgan fingerprint density at radius 2 is 2.07 bits per heavy atom. The molecule has 1 unspecified atom stereocenters. The van der Waals surface area contributed by atoms with Crippen LogP contribution in [0.4, 0.5) is 14.5 Å². The summed E-state index contributed by atoms with van der Waals surface area (Å²) in [6.07, 6.45) is 9.69. The van der Waals surface area contributed by atoms with Gasteiger partial charge >= 0.3 is 6.61 Å². The SMILES string of the molecule is CCC(CCN(C)C(=O)Cn1cc(NC(=O)c2cnn3cccnc23)c(-c2cc(SC)ccc2OC(F)F)n1)N(C)C1COC1. The second-order valence-corrected chi connectivity index (χ2v) is 11.6. The van der Waals surface area contributed by atoms with Crippen molar-refractivity contribution >= 4 is 34.9 Å². The van der Waals surface area contributed by atoms with E-state index in [1.807, 2.05) is 6.26 Å². The molecule has 4 aromatic rings. The van der Waals surface area contributed by atoms with Gasteiger partial charge in [-0.05, 0) is 50.4 Å². The number of nitrogens with one attached hydrogen (secondary N) is 1. The standard InChI is InChI=1S/C30H36F2N8O4S/c1-5-19(38(3)20-17-43-18-20)9-12-37(2)26(41)16-39-15-24(35-29(42)23-14-34-40-11-6-10-33-28(23)40)27(36-39)22-13-21(45-4)7-8-25(22)44-30(31)32/h6-8,10-11,13-15,19-20,30H,5,9,12,16-18H2,1-4H3,(H,35,42). The van der Waals surface area contributed by atoms with E-state index in [1.165, 1.54) is 39.4 Å². The molecule has 15 heteroatoms. The quantitative estimate of drug-likeness (QED) is 0.203. The number of nitrogens with zero attached hydrogens (tertiary/aromatic N) is 7. The molecule has 0 radical (unpaired) electrons. The van der Waals surface area contributed by atoms with Crippen LogP contribution in [-0.4, -0.2) is 105 Å². The molecule has 0 spiro atoms. The van der Waals surface area contributed by atoms with Gasteiger partial charge in [0.2, 0.25) is 5.91 Å². The van der Waals surface area contributed by atoms with E-state index in [0.29, 0.717) is 24.3 Å². The van der Waals surface area contributed by atoms with E-state index < -0.39 is 12.5 Å². The molecule has 240 valence electrons. The van der Waals surface area contributed by atoms with E-state index in [2.05, 4.69) is 39.4 Å². The van der Waals surface area contributed by atoms with Crippen LogP contribution >= 0.6 is 11.8 Å². The van der Waals surface area contributed by atoms with Crippen molar-refractivity contribution in [3.8, 4) is 17.0 Å². The number of likely N-dealkylation sites (N-methyl/N-ethyl adjacent to an activating group) is 2. The first-order chi connectivity index (χ1) is 21.7. The van der Waals surface area contributed by atoms with Gasteiger partial charge in [0.15, 0.2) is 5.65 Å². The minimum absolute atomic E-state index is 0.115. The smallest absolute Gasteiger partial charge is 0.387 e. The Hall–Kier alpha value is -4.08. The highest BCUT2D eigenvalue weighted by molar-refractivity contribution is 7.98. The normalized spacial score (nSPS) is 14.1. The zero-order valence-electron chi connectivity index (χ0n) is 25.5. The van der Waals surface area contributed by atoms with Gasteiger partial charge in [-0.25, -0.2) is 9.50 Å². The van der Waals surface area contributed by atoms with Gasteiger partial charge in [0.1, 0.15) is 23.6 Å². The monoisotopic (exact) mass is 642 g/mol. The van der Waals surface area contributed by atoms with Gasteiger partial charge in [-0.2, -0.15) is 19.0 Å². The van der Waals surface area contributed by atoms with Crippen molar-refractivity contribution < 1.29 is 27.8 Å². The lowest BCUT2D eigenvalue weighted by molar-refractivity contribution is -0.131. The fraction of sp³-hybridized carbons (Fsp3) is 0.433. The van der Waals surface area contributed by atoms with Crippen molar-refractivity contribution in [2.45, 2.75) is 49.9 Å². The molecule has 1 aliphatic heterocycles. The van der Waals surface area contributed by atoms with Gasteiger partial charge in [-0.3, -0.25) is 19.2 Å². The van der Waals surface area contributed by atoms with Crippen molar-refractivity contribution in [2.24, 2.45) is 0 Å². The zero-order valence-corrected chi connectivity index (χ0v) is 26.3. The van der Waals surface area contributed by atoms with Crippen LogP contribution in [0, 0.1) is 0 Å². The van der Waals surface area contributed by atoms with Crippen LogP contribution < -0.4 is 10.1 Å². The third-order valence-corrected chi connectivity index (χ3v) is 8.68. The highest BCUT2D eigenvalue weighted by atomic mass is 32.2. The second kappa shape index (κ2) is 14.3. The van der Waals surface area contributed by atoms with E-state index in [1.54, 1.807) is 42.5 Å². The largest absolute Gasteiger partial charge is 0.434 e. The molecule has 1 aromatic carbocycles. The lowest BCUT2D eigenvalue weighted by Crippen LogP contribution is -2.51. The highest BCUT2D eigenvalue weighted by Crippen LogP contribution is 2.38. The fourth-order valence-corrected chi connectivity index (χ4v) is 5.61. The molecule has 2 amide bonds. The fourth-order valence-electron chi connectivity index (χ4n) is 5.17. The zero-order chi connectivity index (χ0) is 32.1. The molecule has 1 atom stereocenters. The molecule has 5 rings (SSSR count). The number of carbonyl (C=O) groups excluding carboxylic acids is 2. The van der Waals surface area contributed by atoms with E-state index in [0.717, 1.165) is 31.0 Å². The number of carbonyl (C=O) groups is 2. The molecule has 12 nitrogen and oxygen atoms in total. The topological polar surface area (TPSA) is 119 Å². The molecule has 45 heavy (non-hydrogen) atoms. The number of halogens is 2. The number of amides is 2. The Morgan fingerprint density at radius 1 is 1.27 bits per heavy atom. The Morgan fingerprint density at radius 3 is 2.76 bits per heavy atom. The van der Waals surface area contributed by atoms with Crippen LogP contribution in [-0.2, 0) is 16.1 Å². The number of anilines is 1. The van der Waals surface area contributed by atoms with Crippen molar-refractivity contribution in [3.63, 3.8) is 0 Å². The number of rotatable bonds is 14. The number of ether oxygens (including phenoxy) is 2. The maximum atomic E-state index is 13.4. The summed E-state index contributed by atoms with van der Waals surface area (Å²) < 4.78 is 39.8. The van der Waals surface area contributed by atoms with Crippen LogP contribution in [0.25, 0.3) is 16.9 Å². The lowest BCUT2D eigenvalue weighted by atomic mass is 10.1. The van der Waals surface area contributed by atoms with Gasteiger partial charge in [-0.1, -0.05) is 6.92 Å². The average molecular weight is 643 g/mol. The summed E-state index contributed by atoms with van der Waals surface area (Å²) in [4.78, 5) is 35.7. The number of thioether (sulfide) groups is 1. The summed E-state index contributed by atoms with van der Waals surface area (Å²) in [6.45, 7) is 0.905. The molecule has 0 saturated carbocycles. The summed E-state index contributed by atoms with van der Waals surface area (Å²) >= 11 is 1.41. The third kappa shape index (κ3) is 7.43. The average Bonchev–Trinajstić information content (AvgIpc) is 3.60. The molecular weight excluding hydrogens is 606 g/mol. The summed E-state index contributed by atoms with van der Waals surface area (Å²) in [7, 11) is 3.83. The number of hydrogen-bond donors (Lipinski definition) is 1. The third-order valence-electron chi connectivity index (χ3n) is 7.96. The maximum absolute atomic E-state index is 13.4. The van der Waals surface area contributed by atoms with E-state index in [4.69, 9.17) is 9.47 Å². The summed E-state index contributed by atoms with van der Waals surface area (Å²) in [6, 6.07) is 7.13. The summed E-state index contributed by atoms with van der Waals surface area (Å²) in [5, 5.41) is 11.6. The first kappa shape index (κ1) is 32.3. The molecular formula is C30H36F2N8O4S. The first-order valence-electron chi connectivity index (χ1n) is 14.5. The first-order valence-corrected chi connectivity index (χ1v) is 15.7. The van der Waals surface area contributed by atoms with Gasteiger partial charge in [-0.15, -0.1) is 11.8 Å². The molecule has 0 aliphatic carbocycles.